The Hall–Kier alpha value is -3.27. The number of alkyl halides is 1. The van der Waals surface area contributed by atoms with Crippen molar-refractivity contribution in [2.75, 3.05) is 0 Å². The highest BCUT2D eigenvalue weighted by molar-refractivity contribution is 5.50. The lowest BCUT2D eigenvalue weighted by atomic mass is 9.77. The molecule has 0 saturated heterocycles. The Balaban J connectivity index is 1.99. The van der Waals surface area contributed by atoms with Gasteiger partial charge in [0.2, 0.25) is 0 Å². The van der Waals surface area contributed by atoms with E-state index in [2.05, 4.69) is 41.4 Å². The maximum absolute atomic E-state index is 15.7. The molecule has 1 aromatic heterocycles. The number of hydrogen-bond donors (Lipinski definition) is 0. The molecule has 1 atom stereocenters. The Morgan fingerprint density at radius 3 is 1.53 bits per heavy atom. The van der Waals surface area contributed by atoms with E-state index in [1.165, 1.54) is 0 Å². The molecule has 4 rings (SSSR count). The molecular formula is C28H30FN3. The first kappa shape index (κ1) is 21.9. The quantitative estimate of drug-likeness (QED) is 0.285. The van der Waals surface area contributed by atoms with Crippen molar-refractivity contribution in [3.05, 3.63) is 120 Å². The van der Waals surface area contributed by atoms with Crippen LogP contribution in [-0.4, -0.2) is 14.8 Å². The van der Waals surface area contributed by atoms with Gasteiger partial charge in [0, 0.05) is 5.41 Å². The second-order valence-corrected chi connectivity index (χ2v) is 8.58. The minimum atomic E-state index is -1.24. The third-order valence-corrected chi connectivity index (χ3v) is 6.88. The summed E-state index contributed by atoms with van der Waals surface area (Å²) in [6.07, 6.45) is 1.89. The van der Waals surface area contributed by atoms with Crippen molar-refractivity contribution in [2.24, 2.45) is 5.41 Å². The van der Waals surface area contributed by atoms with Crippen LogP contribution in [0, 0.1) is 5.41 Å². The van der Waals surface area contributed by atoms with Gasteiger partial charge in [0.1, 0.15) is 11.9 Å². The molecule has 3 nitrogen and oxygen atoms in total. The topological polar surface area (TPSA) is 30.7 Å². The Kier molecular flexibility index (Phi) is 6.22. The summed E-state index contributed by atoms with van der Waals surface area (Å²) in [6.45, 7) is 6.02. The Labute approximate surface area is 190 Å². The van der Waals surface area contributed by atoms with Crippen LogP contribution in [-0.2, 0) is 5.54 Å². The summed E-state index contributed by atoms with van der Waals surface area (Å²) >= 11 is 0. The summed E-state index contributed by atoms with van der Waals surface area (Å²) in [6, 6.07) is 30.7. The lowest BCUT2D eigenvalue weighted by molar-refractivity contribution is 0.105. The standard InChI is InChI=1S/C28H30FN3/c1-4-27(3,5-2)25(29)26-30-21-32(31-26)28(22-15-9-6-10-16-22,23-17-11-7-12-18-23)24-19-13-8-14-20-24/h6-21,25H,4-5H2,1-3H3. The van der Waals surface area contributed by atoms with Crippen molar-refractivity contribution in [3.8, 4) is 0 Å². The highest BCUT2D eigenvalue weighted by Gasteiger charge is 2.41. The van der Waals surface area contributed by atoms with Gasteiger partial charge < -0.3 is 0 Å². The van der Waals surface area contributed by atoms with Gasteiger partial charge in [0.25, 0.3) is 0 Å². The fourth-order valence-electron chi connectivity index (χ4n) is 4.41. The summed E-state index contributed by atoms with van der Waals surface area (Å²) in [4.78, 5) is 4.50. The first-order chi connectivity index (χ1) is 15.6. The average molecular weight is 428 g/mol. The van der Waals surface area contributed by atoms with Gasteiger partial charge in [-0.2, -0.15) is 5.10 Å². The van der Waals surface area contributed by atoms with E-state index in [-0.39, 0.29) is 5.82 Å². The summed E-state index contributed by atoms with van der Waals surface area (Å²) in [5, 5.41) is 4.80. The smallest absolute Gasteiger partial charge is 0.185 e. The molecule has 32 heavy (non-hydrogen) atoms. The molecule has 0 saturated carbocycles. The lowest BCUT2D eigenvalue weighted by Crippen LogP contribution is -2.38. The summed E-state index contributed by atoms with van der Waals surface area (Å²) < 4.78 is 17.5. The van der Waals surface area contributed by atoms with Crippen LogP contribution in [0.15, 0.2) is 97.3 Å². The van der Waals surface area contributed by atoms with Crippen LogP contribution in [0.2, 0.25) is 0 Å². The third-order valence-electron chi connectivity index (χ3n) is 6.88. The van der Waals surface area contributed by atoms with Crippen LogP contribution in [0.5, 0.6) is 0 Å². The molecule has 1 unspecified atom stereocenters. The molecule has 0 radical (unpaired) electrons. The minimum absolute atomic E-state index is 0.239. The SMILES string of the molecule is CCC(C)(CC)C(F)c1ncn(C(c2ccccc2)(c2ccccc2)c2ccccc2)n1. The molecular weight excluding hydrogens is 397 g/mol. The first-order valence-electron chi connectivity index (χ1n) is 11.3. The molecule has 0 N–H and O–H groups in total. The molecule has 4 aromatic rings. The number of benzene rings is 3. The van der Waals surface area contributed by atoms with Crippen LogP contribution in [0.4, 0.5) is 4.39 Å². The number of halogens is 1. The van der Waals surface area contributed by atoms with E-state index in [0.29, 0.717) is 0 Å². The molecule has 1 heterocycles. The molecule has 0 aliphatic carbocycles. The van der Waals surface area contributed by atoms with Crippen LogP contribution < -0.4 is 0 Å². The van der Waals surface area contributed by atoms with Crippen molar-refractivity contribution in [2.45, 2.75) is 45.3 Å². The normalized spacial score (nSPS) is 13.1. The van der Waals surface area contributed by atoms with E-state index < -0.39 is 17.1 Å². The van der Waals surface area contributed by atoms with Crippen LogP contribution in [0.3, 0.4) is 0 Å². The van der Waals surface area contributed by atoms with Gasteiger partial charge >= 0.3 is 0 Å². The van der Waals surface area contributed by atoms with Gasteiger partial charge in [-0.25, -0.2) is 14.1 Å². The molecule has 0 aliphatic rings. The zero-order chi connectivity index (χ0) is 22.6. The molecule has 0 fully saturated rings. The van der Waals surface area contributed by atoms with Gasteiger partial charge in [-0.1, -0.05) is 112 Å². The molecule has 0 aliphatic heterocycles. The zero-order valence-corrected chi connectivity index (χ0v) is 18.9. The Morgan fingerprint density at radius 2 is 1.16 bits per heavy atom. The van der Waals surface area contributed by atoms with Crippen molar-refractivity contribution in [3.63, 3.8) is 0 Å². The van der Waals surface area contributed by atoms with E-state index in [1.807, 2.05) is 80.1 Å². The van der Waals surface area contributed by atoms with Crippen LogP contribution in [0.1, 0.15) is 62.3 Å². The monoisotopic (exact) mass is 427 g/mol. The predicted molar refractivity (Wildman–Crippen MR) is 127 cm³/mol. The summed E-state index contributed by atoms with van der Waals surface area (Å²) in [5.74, 6) is 0.239. The second kappa shape index (κ2) is 9.07. The largest absolute Gasteiger partial charge is 0.238 e. The summed E-state index contributed by atoms with van der Waals surface area (Å²) in [7, 11) is 0. The maximum atomic E-state index is 15.7. The molecule has 0 amide bonds. The molecule has 0 spiro atoms. The minimum Gasteiger partial charge on any atom is -0.238 e. The van der Waals surface area contributed by atoms with Gasteiger partial charge in [0.05, 0.1) is 0 Å². The van der Waals surface area contributed by atoms with Crippen molar-refractivity contribution < 1.29 is 4.39 Å². The van der Waals surface area contributed by atoms with E-state index >= 15 is 4.39 Å². The molecule has 3 aromatic carbocycles. The molecule has 4 heteroatoms. The van der Waals surface area contributed by atoms with E-state index in [9.17, 15) is 0 Å². The van der Waals surface area contributed by atoms with Gasteiger partial charge in [0.15, 0.2) is 12.0 Å². The number of rotatable bonds is 8. The van der Waals surface area contributed by atoms with Crippen molar-refractivity contribution >= 4 is 0 Å². The highest BCUT2D eigenvalue weighted by Crippen LogP contribution is 2.43. The van der Waals surface area contributed by atoms with Crippen LogP contribution in [0.25, 0.3) is 0 Å². The number of nitrogens with zero attached hydrogens (tertiary/aromatic N) is 3. The van der Waals surface area contributed by atoms with Gasteiger partial charge in [-0.05, 0) is 29.5 Å². The number of hydrogen-bond acceptors (Lipinski definition) is 2. The zero-order valence-electron chi connectivity index (χ0n) is 18.9. The third kappa shape index (κ3) is 3.64. The maximum Gasteiger partial charge on any atom is 0.185 e. The lowest BCUT2D eigenvalue weighted by Gasteiger charge is -2.36. The number of aromatic nitrogens is 3. The fraction of sp³-hybridized carbons (Fsp3) is 0.286. The fourth-order valence-corrected chi connectivity index (χ4v) is 4.41. The van der Waals surface area contributed by atoms with Crippen molar-refractivity contribution in [1.29, 1.82) is 0 Å². The highest BCUT2D eigenvalue weighted by atomic mass is 19.1. The average Bonchev–Trinajstić information content (AvgIpc) is 3.36. The van der Waals surface area contributed by atoms with Gasteiger partial charge in [-0.15, -0.1) is 0 Å². The van der Waals surface area contributed by atoms with E-state index in [4.69, 9.17) is 5.10 Å². The van der Waals surface area contributed by atoms with Crippen LogP contribution >= 0.6 is 0 Å². The Morgan fingerprint density at radius 1 is 0.750 bits per heavy atom. The predicted octanol–water partition coefficient (Wildman–Crippen LogP) is 6.96. The summed E-state index contributed by atoms with van der Waals surface area (Å²) in [5.41, 5.74) is 1.85. The molecule has 164 valence electrons. The van der Waals surface area contributed by atoms with Crippen molar-refractivity contribution in [1.82, 2.24) is 14.8 Å². The Bertz CT molecular complexity index is 1020. The molecule has 0 bridgehead atoms. The van der Waals surface area contributed by atoms with E-state index in [1.54, 1.807) is 6.33 Å². The first-order valence-corrected chi connectivity index (χ1v) is 11.3. The van der Waals surface area contributed by atoms with E-state index in [0.717, 1.165) is 29.5 Å². The van der Waals surface area contributed by atoms with Gasteiger partial charge in [-0.3, -0.25) is 0 Å². The second-order valence-electron chi connectivity index (χ2n) is 8.58.